The molecular weight excluding hydrogens is 374 g/mol. The summed E-state index contributed by atoms with van der Waals surface area (Å²) in [5.74, 6) is -0.0837. The third-order valence-electron chi connectivity index (χ3n) is 5.82. The molecule has 0 aliphatic rings. The average molecular weight is 429 g/mol. The van der Waals surface area contributed by atoms with E-state index in [1.807, 2.05) is 21.1 Å². The number of hydrogen-bond acceptors (Lipinski definition) is 3. The van der Waals surface area contributed by atoms with Crippen molar-refractivity contribution in [2.24, 2.45) is 5.92 Å². The lowest BCUT2D eigenvalue weighted by molar-refractivity contribution is -0.873. The van der Waals surface area contributed by atoms with Crippen LogP contribution in [0.15, 0.2) is 0 Å². The molecule has 30 heavy (non-hydrogen) atoms. The zero-order chi connectivity index (χ0) is 22.7. The van der Waals surface area contributed by atoms with E-state index < -0.39 is 6.10 Å². The lowest BCUT2D eigenvalue weighted by Gasteiger charge is -2.26. The second-order valence-corrected chi connectivity index (χ2v) is 10.3. The topological polar surface area (TPSA) is 46.5 Å². The van der Waals surface area contributed by atoms with Gasteiger partial charge in [0, 0.05) is 0 Å². The molecule has 0 aromatic rings. The van der Waals surface area contributed by atoms with E-state index in [0.717, 1.165) is 25.7 Å². The molecule has 0 radical (unpaired) electrons. The minimum atomic E-state index is -0.591. The summed E-state index contributed by atoms with van der Waals surface area (Å²) in [5.41, 5.74) is 0. The Labute approximate surface area is 188 Å². The van der Waals surface area contributed by atoms with Gasteiger partial charge in [-0.05, 0) is 12.8 Å². The molecule has 0 fully saturated rings. The largest absolute Gasteiger partial charge is 0.462 e. The van der Waals surface area contributed by atoms with E-state index in [2.05, 4.69) is 13.8 Å². The predicted molar refractivity (Wildman–Crippen MR) is 129 cm³/mol. The first-order valence-electron chi connectivity index (χ1n) is 12.9. The highest BCUT2D eigenvalue weighted by molar-refractivity contribution is 5.72. The van der Waals surface area contributed by atoms with E-state index in [0.29, 0.717) is 11.0 Å². The van der Waals surface area contributed by atoms with Gasteiger partial charge in [0.1, 0.15) is 19.3 Å². The average Bonchev–Trinajstić information content (AvgIpc) is 2.67. The summed E-state index contributed by atoms with van der Waals surface area (Å²) in [5, 5.41) is 10.2. The van der Waals surface area contributed by atoms with Crippen molar-refractivity contribution in [3.8, 4) is 0 Å². The van der Waals surface area contributed by atoms with Crippen LogP contribution >= 0.6 is 0 Å². The Morgan fingerprint density at radius 3 is 1.53 bits per heavy atom. The van der Waals surface area contributed by atoms with Gasteiger partial charge in [0.15, 0.2) is 0 Å². The van der Waals surface area contributed by atoms with Crippen LogP contribution in [-0.4, -0.2) is 56.0 Å². The quantitative estimate of drug-likeness (QED) is 0.129. The molecule has 0 aromatic heterocycles. The Morgan fingerprint density at radius 1 is 0.733 bits per heavy atom. The number of nitrogens with zero attached hydrogens (tertiary/aromatic N) is 1. The van der Waals surface area contributed by atoms with Crippen molar-refractivity contribution in [3.05, 3.63) is 0 Å². The van der Waals surface area contributed by atoms with Crippen LogP contribution in [0.3, 0.4) is 0 Å². The Kier molecular flexibility index (Phi) is 18.7. The zero-order valence-corrected chi connectivity index (χ0v) is 21.1. The summed E-state index contributed by atoms with van der Waals surface area (Å²) in [6.45, 7) is 5.21. The van der Waals surface area contributed by atoms with Crippen LogP contribution in [0.5, 0.6) is 0 Å². The highest BCUT2D eigenvalue weighted by atomic mass is 16.5. The standard InChI is InChI=1S/C26H54NO3/c1-6-8-10-12-14-15-17-19-21-24(20-18-16-13-11-9-7-2)26(29)30-23-25(28)22-27(3,4)5/h24-25,28H,6-23H2,1-5H3/q+1. The van der Waals surface area contributed by atoms with Crippen LogP contribution in [0, 0.1) is 5.92 Å². The van der Waals surface area contributed by atoms with E-state index in [9.17, 15) is 9.90 Å². The van der Waals surface area contributed by atoms with Gasteiger partial charge in [-0.1, -0.05) is 104 Å². The summed E-state index contributed by atoms with van der Waals surface area (Å²) >= 11 is 0. The molecule has 0 saturated heterocycles. The molecule has 2 unspecified atom stereocenters. The predicted octanol–water partition coefficient (Wildman–Crippen LogP) is 6.49. The van der Waals surface area contributed by atoms with Crippen molar-refractivity contribution >= 4 is 5.97 Å². The van der Waals surface area contributed by atoms with Crippen molar-refractivity contribution in [3.63, 3.8) is 0 Å². The first-order chi connectivity index (χ1) is 14.3. The second-order valence-electron chi connectivity index (χ2n) is 10.3. The second kappa shape index (κ2) is 19.1. The van der Waals surface area contributed by atoms with E-state index in [-0.39, 0.29) is 18.5 Å². The fourth-order valence-corrected chi connectivity index (χ4v) is 4.06. The Bertz CT molecular complexity index is 392. The van der Waals surface area contributed by atoms with Crippen LogP contribution in [0.1, 0.15) is 117 Å². The summed E-state index contributed by atoms with van der Waals surface area (Å²) < 4.78 is 6.20. The number of esters is 1. The summed E-state index contributed by atoms with van der Waals surface area (Å²) in [6.07, 6.45) is 19.1. The number of rotatable bonds is 21. The van der Waals surface area contributed by atoms with Gasteiger partial charge in [-0.3, -0.25) is 4.79 Å². The highest BCUT2D eigenvalue weighted by Gasteiger charge is 2.22. The van der Waals surface area contributed by atoms with Crippen LogP contribution in [0.2, 0.25) is 0 Å². The minimum absolute atomic E-state index is 0.00703. The number of ether oxygens (including phenoxy) is 1. The van der Waals surface area contributed by atoms with Crippen LogP contribution in [0.25, 0.3) is 0 Å². The molecule has 0 heterocycles. The van der Waals surface area contributed by atoms with Crippen LogP contribution in [0.4, 0.5) is 0 Å². The molecule has 0 aliphatic carbocycles. The lowest BCUT2D eigenvalue weighted by atomic mass is 9.94. The molecule has 0 amide bonds. The highest BCUT2D eigenvalue weighted by Crippen LogP contribution is 2.21. The molecule has 0 rings (SSSR count). The number of quaternary nitrogens is 1. The zero-order valence-electron chi connectivity index (χ0n) is 21.1. The van der Waals surface area contributed by atoms with E-state index in [1.165, 1.54) is 77.0 Å². The molecule has 0 spiro atoms. The molecule has 4 nitrogen and oxygen atoms in total. The Balaban J connectivity index is 4.26. The van der Waals surface area contributed by atoms with Crippen molar-refractivity contribution in [2.45, 2.75) is 123 Å². The minimum Gasteiger partial charge on any atom is -0.462 e. The number of likely N-dealkylation sites (N-methyl/N-ethyl adjacent to an activating group) is 1. The number of aliphatic hydroxyl groups excluding tert-OH is 1. The van der Waals surface area contributed by atoms with Crippen molar-refractivity contribution < 1.29 is 19.1 Å². The molecule has 0 bridgehead atoms. The SMILES string of the molecule is CCCCCCCCCCC(CCCCCCCC)C(=O)OCC(O)C[N+](C)(C)C. The smallest absolute Gasteiger partial charge is 0.309 e. The Morgan fingerprint density at radius 2 is 1.13 bits per heavy atom. The van der Waals surface area contributed by atoms with Crippen LogP contribution < -0.4 is 0 Å². The normalized spacial score (nSPS) is 13.9. The number of hydrogen-bond donors (Lipinski definition) is 1. The molecule has 180 valence electrons. The first kappa shape index (κ1) is 29.4. The molecular formula is C26H54NO3+. The third-order valence-corrected chi connectivity index (χ3v) is 5.82. The van der Waals surface area contributed by atoms with E-state index in [1.54, 1.807) is 0 Å². The van der Waals surface area contributed by atoms with Gasteiger partial charge < -0.3 is 14.3 Å². The van der Waals surface area contributed by atoms with Gasteiger partial charge in [-0.2, -0.15) is 0 Å². The number of carbonyl (C=O) groups excluding carboxylic acids is 1. The monoisotopic (exact) mass is 428 g/mol. The number of carbonyl (C=O) groups is 1. The summed E-state index contributed by atoms with van der Waals surface area (Å²) in [6, 6.07) is 0. The fourth-order valence-electron chi connectivity index (χ4n) is 4.06. The fraction of sp³-hybridized carbons (Fsp3) is 0.962. The van der Waals surface area contributed by atoms with E-state index >= 15 is 0 Å². The van der Waals surface area contributed by atoms with Crippen molar-refractivity contribution in [2.75, 3.05) is 34.3 Å². The molecule has 1 N–H and O–H groups in total. The summed E-state index contributed by atoms with van der Waals surface area (Å²) in [7, 11) is 6.11. The maximum absolute atomic E-state index is 12.7. The molecule has 2 atom stereocenters. The lowest BCUT2D eigenvalue weighted by Crippen LogP contribution is -2.43. The van der Waals surface area contributed by atoms with Crippen LogP contribution in [-0.2, 0) is 9.53 Å². The number of aliphatic hydroxyl groups is 1. The summed E-state index contributed by atoms with van der Waals surface area (Å²) in [4.78, 5) is 12.7. The maximum atomic E-state index is 12.7. The van der Waals surface area contributed by atoms with Crippen molar-refractivity contribution in [1.82, 2.24) is 0 Å². The molecule has 0 aromatic carbocycles. The van der Waals surface area contributed by atoms with Crippen molar-refractivity contribution in [1.29, 1.82) is 0 Å². The molecule has 4 heteroatoms. The molecule has 0 saturated carbocycles. The van der Waals surface area contributed by atoms with Gasteiger partial charge in [0.2, 0.25) is 0 Å². The van der Waals surface area contributed by atoms with Gasteiger partial charge in [0.25, 0.3) is 0 Å². The Hall–Kier alpha value is -0.610. The van der Waals surface area contributed by atoms with E-state index in [4.69, 9.17) is 4.74 Å². The maximum Gasteiger partial charge on any atom is 0.309 e. The van der Waals surface area contributed by atoms with Gasteiger partial charge in [-0.25, -0.2) is 0 Å². The van der Waals surface area contributed by atoms with Gasteiger partial charge in [0.05, 0.1) is 27.1 Å². The third kappa shape index (κ3) is 19.4. The van der Waals surface area contributed by atoms with Gasteiger partial charge in [-0.15, -0.1) is 0 Å². The molecule has 0 aliphatic heterocycles. The number of unbranched alkanes of at least 4 members (excludes halogenated alkanes) is 12. The first-order valence-corrected chi connectivity index (χ1v) is 12.9. The van der Waals surface area contributed by atoms with Gasteiger partial charge >= 0.3 is 5.97 Å².